The number of aryl methyl sites for hydroxylation is 2. The number of rotatable bonds is 5. The molecule has 0 aliphatic carbocycles. The lowest BCUT2D eigenvalue weighted by Gasteiger charge is -2.23. The third kappa shape index (κ3) is 3.81. The summed E-state index contributed by atoms with van der Waals surface area (Å²) >= 11 is 0. The molecular formula is C15H24FN. The molecule has 1 aromatic rings. The summed E-state index contributed by atoms with van der Waals surface area (Å²) in [5.41, 5.74) is 9.19. The second-order valence-corrected chi connectivity index (χ2v) is 5.28. The van der Waals surface area contributed by atoms with Gasteiger partial charge in [0.05, 0.1) is 0 Å². The monoisotopic (exact) mass is 237 g/mol. The molecular weight excluding hydrogens is 213 g/mol. The highest BCUT2D eigenvalue weighted by Gasteiger charge is 2.23. The van der Waals surface area contributed by atoms with Gasteiger partial charge in [-0.3, -0.25) is 0 Å². The van der Waals surface area contributed by atoms with E-state index in [2.05, 4.69) is 26.0 Å². The molecule has 2 atom stereocenters. The van der Waals surface area contributed by atoms with E-state index in [1.807, 2.05) is 19.9 Å². The van der Waals surface area contributed by atoms with Crippen LogP contribution >= 0.6 is 0 Å². The molecule has 0 fully saturated rings. The van der Waals surface area contributed by atoms with E-state index in [9.17, 15) is 4.39 Å². The summed E-state index contributed by atoms with van der Waals surface area (Å²) in [5.74, 6) is 0.248. The van der Waals surface area contributed by atoms with Crippen LogP contribution in [0.1, 0.15) is 30.5 Å². The summed E-state index contributed by atoms with van der Waals surface area (Å²) in [6.07, 6.45) is -0.372. The van der Waals surface area contributed by atoms with Gasteiger partial charge in [-0.25, -0.2) is 4.39 Å². The van der Waals surface area contributed by atoms with Crippen LogP contribution in [-0.2, 0) is 6.42 Å². The Morgan fingerprint density at radius 3 is 2.29 bits per heavy atom. The highest BCUT2D eigenvalue weighted by molar-refractivity contribution is 5.30. The maximum absolute atomic E-state index is 14.2. The van der Waals surface area contributed by atoms with Crippen LogP contribution < -0.4 is 5.73 Å². The van der Waals surface area contributed by atoms with Crippen molar-refractivity contribution >= 4 is 0 Å². The van der Waals surface area contributed by atoms with E-state index in [1.54, 1.807) is 0 Å². The molecule has 0 saturated carbocycles. The predicted molar refractivity (Wildman–Crippen MR) is 71.9 cm³/mol. The Balaban J connectivity index is 2.73. The van der Waals surface area contributed by atoms with Crippen LogP contribution in [0.5, 0.6) is 0 Å². The summed E-state index contributed by atoms with van der Waals surface area (Å²) in [7, 11) is 0. The van der Waals surface area contributed by atoms with Gasteiger partial charge < -0.3 is 5.73 Å². The number of halogens is 1. The molecule has 1 nitrogen and oxygen atoms in total. The first kappa shape index (κ1) is 14.2. The van der Waals surface area contributed by atoms with Crippen LogP contribution in [0.15, 0.2) is 18.2 Å². The molecule has 0 aliphatic heterocycles. The van der Waals surface area contributed by atoms with Gasteiger partial charge >= 0.3 is 0 Å². The molecule has 2 heteroatoms. The molecule has 96 valence electrons. The number of alkyl halides is 1. The zero-order chi connectivity index (χ0) is 13.0. The largest absolute Gasteiger partial charge is 0.330 e. The van der Waals surface area contributed by atoms with Crippen molar-refractivity contribution in [2.45, 2.75) is 40.3 Å². The first-order valence-corrected chi connectivity index (χ1v) is 6.36. The van der Waals surface area contributed by atoms with E-state index >= 15 is 0 Å². The van der Waals surface area contributed by atoms with Gasteiger partial charge in [0.25, 0.3) is 0 Å². The molecule has 0 amide bonds. The summed E-state index contributed by atoms with van der Waals surface area (Å²) in [6.45, 7) is 8.62. The van der Waals surface area contributed by atoms with Gasteiger partial charge in [-0.2, -0.15) is 0 Å². The van der Waals surface area contributed by atoms with Gasteiger partial charge in [-0.1, -0.05) is 32.0 Å². The van der Waals surface area contributed by atoms with Crippen molar-refractivity contribution in [3.05, 3.63) is 34.9 Å². The van der Waals surface area contributed by atoms with E-state index in [-0.39, 0.29) is 5.92 Å². The van der Waals surface area contributed by atoms with Crippen molar-refractivity contribution in [3.63, 3.8) is 0 Å². The molecule has 0 bridgehead atoms. The fraction of sp³-hybridized carbons (Fsp3) is 0.600. The first-order chi connectivity index (χ1) is 7.95. The van der Waals surface area contributed by atoms with Crippen LogP contribution in [0.4, 0.5) is 4.39 Å². The number of hydrogen-bond donors (Lipinski definition) is 1. The Bertz CT molecular complexity index is 360. The van der Waals surface area contributed by atoms with Gasteiger partial charge in [-0.05, 0) is 43.0 Å². The standard InChI is InChI=1S/C15H24FN/c1-10(2)14(9-17)15(16)8-13-6-5-11(3)12(4)7-13/h5-7,10,14-15H,8-9,17H2,1-4H3. The maximum atomic E-state index is 14.2. The molecule has 0 aliphatic rings. The minimum Gasteiger partial charge on any atom is -0.330 e. The zero-order valence-corrected chi connectivity index (χ0v) is 11.3. The Labute approximate surface area is 104 Å². The van der Waals surface area contributed by atoms with Crippen molar-refractivity contribution in [2.24, 2.45) is 17.6 Å². The fourth-order valence-corrected chi connectivity index (χ4v) is 2.14. The molecule has 2 N–H and O–H groups in total. The first-order valence-electron chi connectivity index (χ1n) is 6.36. The zero-order valence-electron chi connectivity index (χ0n) is 11.3. The van der Waals surface area contributed by atoms with Crippen LogP contribution in [0.2, 0.25) is 0 Å². The van der Waals surface area contributed by atoms with Gasteiger partial charge in [-0.15, -0.1) is 0 Å². The normalized spacial score (nSPS) is 15.0. The molecule has 1 rings (SSSR count). The van der Waals surface area contributed by atoms with Gasteiger partial charge in [0.15, 0.2) is 0 Å². The van der Waals surface area contributed by atoms with E-state index in [1.165, 1.54) is 11.1 Å². The second kappa shape index (κ2) is 6.15. The fourth-order valence-electron chi connectivity index (χ4n) is 2.14. The molecule has 1 aromatic carbocycles. The minimum absolute atomic E-state index is 0.0448. The lowest BCUT2D eigenvalue weighted by molar-refractivity contribution is 0.185. The van der Waals surface area contributed by atoms with Crippen molar-refractivity contribution in [3.8, 4) is 0 Å². The van der Waals surface area contributed by atoms with Crippen molar-refractivity contribution in [2.75, 3.05) is 6.54 Å². The highest BCUT2D eigenvalue weighted by Crippen LogP contribution is 2.21. The summed E-state index contributed by atoms with van der Waals surface area (Å²) < 4.78 is 14.2. The molecule has 0 saturated heterocycles. The summed E-state index contributed by atoms with van der Waals surface area (Å²) in [4.78, 5) is 0. The molecule has 0 radical (unpaired) electrons. The minimum atomic E-state index is -0.845. The van der Waals surface area contributed by atoms with Crippen molar-refractivity contribution in [1.29, 1.82) is 0 Å². The highest BCUT2D eigenvalue weighted by atomic mass is 19.1. The lowest BCUT2D eigenvalue weighted by Crippen LogP contribution is -2.30. The Morgan fingerprint density at radius 1 is 1.18 bits per heavy atom. The Kier molecular flexibility index (Phi) is 5.13. The third-order valence-corrected chi connectivity index (χ3v) is 3.60. The Morgan fingerprint density at radius 2 is 1.82 bits per heavy atom. The quantitative estimate of drug-likeness (QED) is 0.834. The van der Waals surface area contributed by atoms with E-state index in [4.69, 9.17) is 5.73 Å². The molecule has 0 spiro atoms. The van der Waals surface area contributed by atoms with Crippen LogP contribution in [0.3, 0.4) is 0 Å². The van der Waals surface area contributed by atoms with Gasteiger partial charge in [0, 0.05) is 12.3 Å². The van der Waals surface area contributed by atoms with E-state index in [0.717, 1.165) is 5.56 Å². The van der Waals surface area contributed by atoms with Crippen molar-refractivity contribution < 1.29 is 4.39 Å². The van der Waals surface area contributed by atoms with Crippen LogP contribution in [-0.4, -0.2) is 12.7 Å². The molecule has 0 heterocycles. The van der Waals surface area contributed by atoms with Gasteiger partial charge in [0.1, 0.15) is 6.17 Å². The molecule has 17 heavy (non-hydrogen) atoms. The number of nitrogens with two attached hydrogens (primary N) is 1. The molecule has 0 aromatic heterocycles. The predicted octanol–water partition coefficient (Wildman–Crippen LogP) is 3.41. The maximum Gasteiger partial charge on any atom is 0.108 e. The smallest absolute Gasteiger partial charge is 0.108 e. The summed E-state index contributed by atoms with van der Waals surface area (Å²) in [6, 6.07) is 6.16. The van der Waals surface area contributed by atoms with Gasteiger partial charge in [0.2, 0.25) is 0 Å². The van der Waals surface area contributed by atoms with Crippen LogP contribution in [0, 0.1) is 25.7 Å². The average Bonchev–Trinajstić information content (AvgIpc) is 2.24. The Hall–Kier alpha value is -0.890. The van der Waals surface area contributed by atoms with E-state index in [0.29, 0.717) is 18.9 Å². The number of benzene rings is 1. The SMILES string of the molecule is Cc1ccc(CC(F)C(CN)C(C)C)cc1C. The summed E-state index contributed by atoms with van der Waals surface area (Å²) in [5, 5.41) is 0. The molecule has 2 unspecified atom stereocenters. The number of hydrogen-bond acceptors (Lipinski definition) is 1. The second-order valence-electron chi connectivity index (χ2n) is 5.28. The van der Waals surface area contributed by atoms with Crippen molar-refractivity contribution in [1.82, 2.24) is 0 Å². The lowest BCUT2D eigenvalue weighted by atomic mass is 9.87. The average molecular weight is 237 g/mol. The van der Waals surface area contributed by atoms with Crippen LogP contribution in [0.25, 0.3) is 0 Å². The third-order valence-electron chi connectivity index (χ3n) is 3.60. The topological polar surface area (TPSA) is 26.0 Å². The van der Waals surface area contributed by atoms with E-state index < -0.39 is 6.17 Å².